The molecule has 0 N–H and O–H groups in total. The number of ketones is 2. The van der Waals surface area contributed by atoms with Gasteiger partial charge in [0.05, 0.1) is 16.7 Å². The van der Waals surface area contributed by atoms with E-state index in [9.17, 15) is 19.2 Å². The Morgan fingerprint density at radius 3 is 2.19 bits per heavy atom. The quantitative estimate of drug-likeness (QED) is 0.282. The molecule has 4 rings (SSSR count). The van der Waals surface area contributed by atoms with E-state index in [0.29, 0.717) is 16.8 Å². The average Bonchev–Trinajstić information content (AvgIpc) is 2.78. The monoisotopic (exact) mass is 412 g/mol. The van der Waals surface area contributed by atoms with Crippen LogP contribution in [0.4, 0.5) is 0 Å². The predicted octanol–water partition coefficient (Wildman–Crippen LogP) is 3.22. The van der Waals surface area contributed by atoms with Crippen molar-refractivity contribution in [2.75, 3.05) is 0 Å². The Bertz CT molecular complexity index is 1380. The molecule has 2 aromatic carbocycles. The van der Waals surface area contributed by atoms with E-state index in [1.807, 2.05) is 54.6 Å². The number of ether oxygens (including phenoxy) is 1. The van der Waals surface area contributed by atoms with E-state index in [-0.39, 0.29) is 6.42 Å². The number of carbonyl (C=O) groups excluding carboxylic acids is 4. The van der Waals surface area contributed by atoms with Gasteiger partial charge in [-0.15, -0.1) is 0 Å². The van der Waals surface area contributed by atoms with Crippen molar-refractivity contribution in [2.24, 2.45) is 0 Å². The molecule has 2 aromatic heterocycles. The summed E-state index contributed by atoms with van der Waals surface area (Å²) in [5, 5.41) is 1.69. The molecular weight excluding hydrogens is 396 g/mol. The highest BCUT2D eigenvalue weighted by Crippen LogP contribution is 2.28. The molecule has 4 aromatic rings. The number of esters is 2. The van der Waals surface area contributed by atoms with Gasteiger partial charge in [0.2, 0.25) is 11.6 Å². The zero-order chi connectivity index (χ0) is 22.0. The second-order valence-corrected chi connectivity index (χ2v) is 6.94. The van der Waals surface area contributed by atoms with Gasteiger partial charge in [0.25, 0.3) is 0 Å². The van der Waals surface area contributed by atoms with Crippen molar-refractivity contribution in [3.63, 3.8) is 0 Å². The van der Waals surface area contributed by atoms with Crippen LogP contribution in [0.25, 0.3) is 33.1 Å². The fourth-order valence-electron chi connectivity index (χ4n) is 3.20. The van der Waals surface area contributed by atoms with E-state index in [2.05, 4.69) is 14.7 Å². The number of fused-ring (bicyclic) bond motifs is 2. The lowest BCUT2D eigenvalue weighted by molar-refractivity contribution is -0.166. The second kappa shape index (κ2) is 8.23. The Morgan fingerprint density at radius 2 is 1.48 bits per heavy atom. The Kier molecular flexibility index (Phi) is 5.32. The lowest BCUT2D eigenvalue weighted by atomic mass is 9.99. The topological polar surface area (TPSA) is 103 Å². The summed E-state index contributed by atoms with van der Waals surface area (Å²) in [5.41, 5.74) is 3.19. The second-order valence-electron chi connectivity index (χ2n) is 6.94. The maximum Gasteiger partial charge on any atom is 0.382 e. The molecule has 0 unspecified atom stereocenters. The van der Waals surface area contributed by atoms with Gasteiger partial charge in [-0.1, -0.05) is 36.4 Å². The number of para-hydroxylation sites is 2. The third-order valence-electron chi connectivity index (χ3n) is 4.72. The van der Waals surface area contributed by atoms with Crippen LogP contribution in [0.1, 0.15) is 12.5 Å². The van der Waals surface area contributed by atoms with Crippen molar-refractivity contribution in [3.8, 4) is 11.3 Å². The normalized spacial score (nSPS) is 10.7. The van der Waals surface area contributed by atoms with E-state index < -0.39 is 23.5 Å². The summed E-state index contributed by atoms with van der Waals surface area (Å²) in [6.45, 7) is 0.957. The van der Waals surface area contributed by atoms with Crippen LogP contribution in [-0.2, 0) is 30.3 Å². The van der Waals surface area contributed by atoms with Gasteiger partial charge >= 0.3 is 11.9 Å². The molecule has 152 valence electrons. The number of rotatable bonds is 5. The highest BCUT2D eigenvalue weighted by atomic mass is 16.6. The Labute approximate surface area is 176 Å². The lowest BCUT2D eigenvalue weighted by Crippen LogP contribution is -2.26. The molecule has 0 spiro atoms. The summed E-state index contributed by atoms with van der Waals surface area (Å²) in [5.74, 6) is -4.66. The Balaban J connectivity index is 1.76. The minimum atomic E-state index is -1.38. The molecule has 0 saturated heterocycles. The Hall–Kier alpha value is -4.26. The molecule has 0 fully saturated rings. The van der Waals surface area contributed by atoms with Crippen LogP contribution in [0, 0.1) is 0 Å². The lowest BCUT2D eigenvalue weighted by Gasteiger charge is -2.11. The van der Waals surface area contributed by atoms with Crippen molar-refractivity contribution in [2.45, 2.75) is 13.3 Å². The number of Topliss-reactive ketones (excluding diaryl/α,β-unsaturated/α-hetero) is 2. The number of pyridine rings is 2. The van der Waals surface area contributed by atoms with Crippen molar-refractivity contribution < 1.29 is 23.9 Å². The molecule has 31 heavy (non-hydrogen) atoms. The number of carbonyl (C=O) groups is 4. The molecule has 2 heterocycles. The van der Waals surface area contributed by atoms with Crippen LogP contribution in [0.5, 0.6) is 0 Å². The maximum atomic E-state index is 12.4. The van der Waals surface area contributed by atoms with E-state index in [1.165, 1.54) is 0 Å². The van der Waals surface area contributed by atoms with Crippen LogP contribution in [0.15, 0.2) is 66.9 Å². The average molecular weight is 412 g/mol. The van der Waals surface area contributed by atoms with Gasteiger partial charge in [-0.25, -0.2) is 14.6 Å². The molecule has 0 aliphatic heterocycles. The number of hydrogen-bond donors (Lipinski definition) is 0. The minimum absolute atomic E-state index is 0.343. The predicted molar refractivity (Wildman–Crippen MR) is 113 cm³/mol. The van der Waals surface area contributed by atoms with Crippen molar-refractivity contribution in [1.82, 2.24) is 9.97 Å². The van der Waals surface area contributed by atoms with Crippen molar-refractivity contribution in [3.05, 3.63) is 72.4 Å². The van der Waals surface area contributed by atoms with Gasteiger partial charge in [-0.2, -0.15) is 0 Å². The molecule has 7 nitrogen and oxygen atoms in total. The first-order chi connectivity index (χ1) is 14.9. The summed E-state index contributed by atoms with van der Waals surface area (Å²) >= 11 is 0. The van der Waals surface area contributed by atoms with E-state index in [4.69, 9.17) is 0 Å². The molecule has 0 bridgehead atoms. The highest BCUT2D eigenvalue weighted by Gasteiger charge is 2.24. The molecule has 0 aliphatic rings. The fraction of sp³-hybridized carbons (Fsp3) is 0.0833. The first kappa shape index (κ1) is 20.0. The van der Waals surface area contributed by atoms with E-state index >= 15 is 0 Å². The molecule has 0 atom stereocenters. The largest absolute Gasteiger partial charge is 0.382 e. The summed E-state index contributed by atoms with van der Waals surface area (Å²) in [6.07, 6.45) is 1.31. The Morgan fingerprint density at radius 1 is 0.839 bits per heavy atom. The van der Waals surface area contributed by atoms with Gasteiger partial charge in [-0.3, -0.25) is 14.6 Å². The number of nitrogens with zero attached hydrogens (tertiary/aromatic N) is 2. The van der Waals surface area contributed by atoms with Crippen LogP contribution in [0.3, 0.4) is 0 Å². The molecule has 0 saturated carbocycles. The van der Waals surface area contributed by atoms with Gasteiger partial charge in [0, 0.05) is 35.9 Å². The zero-order valence-corrected chi connectivity index (χ0v) is 16.5. The summed E-state index contributed by atoms with van der Waals surface area (Å²) in [6, 6.07) is 18.7. The van der Waals surface area contributed by atoms with Gasteiger partial charge in [0.1, 0.15) is 0 Å². The molecule has 0 radical (unpaired) electrons. The number of benzene rings is 2. The molecule has 7 heteroatoms. The fourth-order valence-corrected chi connectivity index (χ4v) is 3.20. The standard InChI is InChI=1S/C24H16N2O5/c1-14(27)23(29)31-24(30)21(28)12-17-10-16-7-3-5-9-20(16)26-22(17)18-11-15-6-2-4-8-19(15)25-13-18/h2-11,13H,12H2,1H3. The van der Waals surface area contributed by atoms with Crippen molar-refractivity contribution >= 4 is 45.3 Å². The maximum absolute atomic E-state index is 12.4. The van der Waals surface area contributed by atoms with Gasteiger partial charge < -0.3 is 4.74 Å². The summed E-state index contributed by atoms with van der Waals surface area (Å²) in [7, 11) is 0. The summed E-state index contributed by atoms with van der Waals surface area (Å²) in [4.78, 5) is 55.9. The van der Waals surface area contributed by atoms with Crippen molar-refractivity contribution in [1.29, 1.82) is 0 Å². The van der Waals surface area contributed by atoms with Crippen LogP contribution >= 0.6 is 0 Å². The third-order valence-corrected chi connectivity index (χ3v) is 4.72. The first-order valence-electron chi connectivity index (χ1n) is 9.46. The highest BCUT2D eigenvalue weighted by molar-refractivity contribution is 6.42. The minimum Gasteiger partial charge on any atom is -0.381 e. The molecule has 0 aliphatic carbocycles. The SMILES string of the molecule is CC(=O)C(=O)OC(=O)C(=O)Cc1cc2ccccc2nc1-c1cnc2ccccc2c1. The number of aromatic nitrogens is 2. The van der Waals surface area contributed by atoms with Gasteiger partial charge in [-0.05, 0) is 29.8 Å². The van der Waals surface area contributed by atoms with Gasteiger partial charge in [0.15, 0.2) is 0 Å². The third kappa shape index (κ3) is 4.20. The van der Waals surface area contributed by atoms with Crippen LogP contribution < -0.4 is 0 Å². The van der Waals surface area contributed by atoms with Crippen LogP contribution in [-0.4, -0.2) is 33.5 Å². The first-order valence-corrected chi connectivity index (χ1v) is 9.46. The molecular formula is C24H16N2O5. The van der Waals surface area contributed by atoms with E-state index in [1.54, 1.807) is 12.3 Å². The smallest absolute Gasteiger partial charge is 0.381 e. The molecule has 0 amide bonds. The zero-order valence-electron chi connectivity index (χ0n) is 16.5. The van der Waals surface area contributed by atoms with Crippen LogP contribution in [0.2, 0.25) is 0 Å². The number of hydrogen-bond acceptors (Lipinski definition) is 7. The van der Waals surface area contributed by atoms with E-state index in [0.717, 1.165) is 28.7 Å². The summed E-state index contributed by atoms with van der Waals surface area (Å²) < 4.78 is 4.33.